The second-order valence-electron chi connectivity index (χ2n) is 25.0. The molecular formula is C71H138O12S6Sn2. The molecule has 12 nitrogen and oxygen atoms in total. The third kappa shape index (κ3) is 104. The van der Waals surface area contributed by atoms with Crippen molar-refractivity contribution in [1.29, 1.82) is 0 Å². The standard InChI is InChI=1S/3C11H22O2S.3C10H20O2S.2C4H9.2Sn/c3*1-2-3-4-5-6-7-10(8-9-14)11(12)13;3*1-8(2)6-4-3-5-7-9(13)10(11)12;2*1-3-4-2;;/h3*10,14H,2-9H2,1H3,(H,12,13);3*8-9,13H,3-7H2,1-2H3,(H,11,12);2*1,3-4H2,2H3;;/q;;;;;;;;2*+3/p-6. The number of aliphatic carboxylic acids is 6. The third-order valence-electron chi connectivity index (χ3n) is 14.6. The van der Waals surface area contributed by atoms with Gasteiger partial charge < -0.3 is 59.4 Å². The van der Waals surface area contributed by atoms with E-state index in [0.717, 1.165) is 114 Å². The molecule has 0 amide bonds. The summed E-state index contributed by atoms with van der Waals surface area (Å²) in [6.45, 7) is 24.1. The molecule has 0 heterocycles. The fourth-order valence-corrected chi connectivity index (χ4v) is 12.0. The molecule has 6 atom stereocenters. The Hall–Kier alpha value is 0.517. The zero-order valence-corrected chi connectivity index (χ0v) is 70.7. The van der Waals surface area contributed by atoms with Crippen LogP contribution >= 0.6 is 75.8 Å². The van der Waals surface area contributed by atoms with E-state index in [1.807, 2.05) is 0 Å². The van der Waals surface area contributed by atoms with E-state index in [9.17, 15) is 59.4 Å². The van der Waals surface area contributed by atoms with E-state index in [2.05, 4.69) is 152 Å². The minimum absolute atomic E-state index is 0.283. The Bertz CT molecular complexity index is 1350. The number of thiol groups is 6. The van der Waals surface area contributed by atoms with Gasteiger partial charge in [0.25, 0.3) is 0 Å². The van der Waals surface area contributed by atoms with Crippen LogP contribution in [-0.4, -0.2) is 114 Å². The van der Waals surface area contributed by atoms with Gasteiger partial charge in [-0.1, -0.05) is 236 Å². The van der Waals surface area contributed by atoms with Crippen LogP contribution in [0.1, 0.15) is 333 Å². The second-order valence-corrected chi connectivity index (χ2v) is 31.1. The normalized spacial score (nSPS) is 12.5. The van der Waals surface area contributed by atoms with Crippen LogP contribution < -0.4 is 30.6 Å². The van der Waals surface area contributed by atoms with Gasteiger partial charge in [0.1, 0.15) is 0 Å². The molecule has 0 bridgehead atoms. The molecule has 0 radical (unpaired) electrons. The Balaban J connectivity index is -0.000000147. The van der Waals surface area contributed by atoms with Crippen molar-refractivity contribution < 1.29 is 59.4 Å². The number of hydrogen-bond donors (Lipinski definition) is 6. The van der Waals surface area contributed by atoms with Gasteiger partial charge >= 0.3 is 93.5 Å². The molecule has 0 aromatic rings. The zero-order valence-electron chi connectivity index (χ0n) is 59.6. The van der Waals surface area contributed by atoms with Crippen molar-refractivity contribution in [2.24, 2.45) is 35.5 Å². The van der Waals surface area contributed by atoms with Crippen molar-refractivity contribution in [3.8, 4) is 0 Å². The van der Waals surface area contributed by atoms with E-state index in [0.29, 0.717) is 55.8 Å². The van der Waals surface area contributed by atoms with Crippen LogP contribution in [-0.2, 0) is 28.8 Å². The predicted octanol–water partition coefficient (Wildman–Crippen LogP) is 13.8. The Morgan fingerprint density at radius 2 is 0.440 bits per heavy atom. The van der Waals surface area contributed by atoms with E-state index < -0.39 is 51.6 Å². The summed E-state index contributed by atoms with van der Waals surface area (Å²) in [7, 11) is 0. The number of hydrogen-bond acceptors (Lipinski definition) is 18. The van der Waals surface area contributed by atoms with E-state index in [-0.39, 0.29) is 17.8 Å². The SMILES string of the molecule is CC(C)CCCCCC(S)C(=O)[O-].CC(C)CCCCCC(S)C(=O)[O-].CC(C)CCCCCC(S)C(=O)[O-].CCCCCCCC(CCS)C(=O)[O-].CCCCCCCC(CCS)C(=O)[O-].CCCCCCCC(CCS)C(=O)[O-].CCC[CH2][Sn+3].CCC[CH2][Sn+3]. The van der Waals surface area contributed by atoms with Crippen molar-refractivity contribution in [2.45, 2.75) is 358 Å². The maximum absolute atomic E-state index is 10.7. The third-order valence-corrected chi connectivity index (χ3v) is 18.8. The van der Waals surface area contributed by atoms with Gasteiger partial charge in [0, 0.05) is 33.7 Å². The average molecular weight is 1610 g/mol. The molecule has 0 saturated carbocycles. The topological polar surface area (TPSA) is 241 Å². The molecule has 0 fully saturated rings. The summed E-state index contributed by atoms with van der Waals surface area (Å²) >= 11 is 27.2. The van der Waals surface area contributed by atoms with Crippen LogP contribution in [0.25, 0.3) is 0 Å². The van der Waals surface area contributed by atoms with Gasteiger partial charge in [-0.15, -0.1) is 0 Å². The molecule has 0 aliphatic heterocycles. The van der Waals surface area contributed by atoms with E-state index in [1.54, 1.807) is 45.0 Å². The summed E-state index contributed by atoms with van der Waals surface area (Å²) in [6, 6.07) is 0. The molecule has 0 aliphatic rings. The molecule has 538 valence electrons. The summed E-state index contributed by atoms with van der Waals surface area (Å²) in [5.74, 6) is -2.59. The monoisotopic (exact) mass is 1610 g/mol. The van der Waals surface area contributed by atoms with Crippen molar-refractivity contribution in [3.05, 3.63) is 0 Å². The van der Waals surface area contributed by atoms with Crippen LogP contribution in [0, 0.1) is 35.5 Å². The van der Waals surface area contributed by atoms with Gasteiger partial charge in [-0.3, -0.25) is 0 Å². The first-order valence-corrected chi connectivity index (χ1v) is 43.0. The summed E-state index contributed by atoms with van der Waals surface area (Å²) in [4.78, 5) is 62.8. The molecule has 0 spiro atoms. The van der Waals surface area contributed by atoms with Gasteiger partial charge in [-0.2, -0.15) is 75.8 Å². The average Bonchev–Trinajstić information content (AvgIpc) is 3.49. The maximum atomic E-state index is 10.7. The first-order valence-electron chi connectivity index (χ1n) is 35.5. The van der Waals surface area contributed by atoms with Crippen LogP contribution in [0.5, 0.6) is 0 Å². The Morgan fingerprint density at radius 3 is 0.582 bits per heavy atom. The van der Waals surface area contributed by atoms with Crippen LogP contribution in [0.4, 0.5) is 0 Å². The van der Waals surface area contributed by atoms with Crippen LogP contribution in [0.2, 0.25) is 8.87 Å². The Labute approximate surface area is 620 Å². The molecule has 20 heteroatoms. The Kier molecular flexibility index (Phi) is 105. The molecule has 0 aromatic carbocycles. The van der Waals surface area contributed by atoms with Gasteiger partial charge in [0.2, 0.25) is 0 Å². The quantitative estimate of drug-likeness (QED) is 0.0189. The summed E-state index contributed by atoms with van der Waals surface area (Å²) in [6.07, 6.45) is 42.5. The van der Waals surface area contributed by atoms with Crippen molar-refractivity contribution in [3.63, 3.8) is 0 Å². The van der Waals surface area contributed by atoms with Gasteiger partial charge in [0.15, 0.2) is 0 Å². The van der Waals surface area contributed by atoms with Gasteiger partial charge in [-0.25, -0.2) is 0 Å². The van der Waals surface area contributed by atoms with E-state index in [4.69, 9.17) is 0 Å². The summed E-state index contributed by atoms with van der Waals surface area (Å²) < 4.78 is 2.87. The summed E-state index contributed by atoms with van der Waals surface area (Å²) in [5, 5.41) is 61.1. The zero-order chi connectivity index (χ0) is 71.5. The van der Waals surface area contributed by atoms with Gasteiger partial charge in [-0.05, 0) is 111 Å². The summed E-state index contributed by atoms with van der Waals surface area (Å²) in [5.41, 5.74) is 0. The van der Waals surface area contributed by atoms with Gasteiger partial charge in [0.05, 0.1) is 17.9 Å². The van der Waals surface area contributed by atoms with Crippen LogP contribution in [0.3, 0.4) is 0 Å². The minimum atomic E-state index is -1.05. The second kappa shape index (κ2) is 88.5. The fraction of sp³-hybridized carbons (Fsp3) is 0.915. The molecule has 0 aliphatic carbocycles. The number of carboxylic acids is 6. The van der Waals surface area contributed by atoms with E-state index in [1.165, 1.54) is 131 Å². The molecule has 0 saturated heterocycles. The number of unbranched alkanes of at least 4 members (excludes halogenated alkanes) is 20. The number of carboxylic acid groups (broad SMARTS) is 6. The number of rotatable bonds is 52. The molecule has 0 rings (SSSR count). The predicted molar refractivity (Wildman–Crippen MR) is 399 cm³/mol. The first-order chi connectivity index (χ1) is 43.1. The van der Waals surface area contributed by atoms with Crippen molar-refractivity contribution in [2.75, 3.05) is 17.3 Å². The molecule has 0 aromatic heterocycles. The Morgan fingerprint density at radius 1 is 0.264 bits per heavy atom. The van der Waals surface area contributed by atoms with Crippen LogP contribution in [0.15, 0.2) is 0 Å². The van der Waals surface area contributed by atoms with E-state index >= 15 is 0 Å². The van der Waals surface area contributed by atoms with Crippen molar-refractivity contribution in [1.82, 2.24) is 0 Å². The molecule has 91 heavy (non-hydrogen) atoms. The molecule has 0 N–H and O–H groups in total. The molecular weight excluding hydrogens is 1470 g/mol. The van der Waals surface area contributed by atoms with Crippen molar-refractivity contribution >= 4 is 157 Å². The number of carbonyl (C=O) groups is 6. The molecule has 6 unspecified atom stereocenters. The fourth-order valence-electron chi connectivity index (χ4n) is 8.50. The number of carbonyl (C=O) groups excluding carboxylic acids is 6. The first kappa shape index (κ1) is 108.